The van der Waals surface area contributed by atoms with Crippen LogP contribution >= 0.6 is 0 Å². The van der Waals surface area contributed by atoms with Crippen LogP contribution in [-0.4, -0.2) is 17.4 Å². The Balaban J connectivity index is 0.00000243. The van der Waals surface area contributed by atoms with Crippen molar-refractivity contribution in [3.8, 4) is 0 Å². The van der Waals surface area contributed by atoms with E-state index in [1.807, 2.05) is 74.5 Å². The summed E-state index contributed by atoms with van der Waals surface area (Å²) in [6.07, 6.45) is 3.53. The Kier molecular flexibility index (Phi) is 7.28. The van der Waals surface area contributed by atoms with Crippen LogP contribution in [0.3, 0.4) is 0 Å². The first kappa shape index (κ1) is 20.1. The molecular formula is C21H18ClFeN3. The van der Waals surface area contributed by atoms with Crippen molar-refractivity contribution in [3.05, 3.63) is 83.2 Å². The van der Waals surface area contributed by atoms with E-state index in [0.717, 1.165) is 38.4 Å². The zero-order chi connectivity index (χ0) is 17.6. The second kappa shape index (κ2) is 9.44. The molecule has 0 atom stereocenters. The van der Waals surface area contributed by atoms with E-state index in [1.165, 1.54) is 0 Å². The standard InChI is InChI=1S/C21H18N3.ClH.Fe/c1-16-8-3-5-12-20(16)22-14-18-10-7-11-19(24-18)15-23-21-13-6-4-9-17(21)2;;/h3-10,12-15H,1-2H3;1H;/q;;+1/p-1. The third-order valence-corrected chi connectivity index (χ3v) is 4.24. The van der Waals surface area contributed by atoms with Gasteiger partial charge in [-0.3, -0.25) is 0 Å². The molecule has 3 aromatic rings. The number of pyridine rings is 1. The number of benzene rings is 2. The maximum absolute atomic E-state index is 4.60. The third kappa shape index (κ3) is 5.12. The molecular weight excluding hydrogens is 386 g/mol. The number of para-hydroxylation sites is 2. The van der Waals surface area contributed by atoms with Crippen molar-refractivity contribution in [2.45, 2.75) is 13.8 Å². The molecule has 3 rings (SSSR count). The largest absolute Gasteiger partial charge is 1.00 e. The van der Waals surface area contributed by atoms with Gasteiger partial charge in [0.25, 0.3) is 0 Å². The van der Waals surface area contributed by atoms with E-state index in [4.69, 9.17) is 0 Å². The molecule has 0 fully saturated rings. The first-order valence-corrected chi connectivity index (χ1v) is 8.53. The van der Waals surface area contributed by atoms with E-state index in [-0.39, 0.29) is 12.4 Å². The van der Waals surface area contributed by atoms with Crippen LogP contribution in [0.15, 0.2) is 70.6 Å². The summed E-state index contributed by atoms with van der Waals surface area (Å²) < 4.78 is 0.838. The molecule has 0 aliphatic rings. The van der Waals surface area contributed by atoms with Crippen molar-refractivity contribution in [2.24, 2.45) is 9.98 Å². The predicted octanol–water partition coefficient (Wildman–Crippen LogP) is 1.38. The Morgan fingerprint density at radius 3 is 1.88 bits per heavy atom. The summed E-state index contributed by atoms with van der Waals surface area (Å²) in [4.78, 5) is 13.7. The fraction of sp³-hybridized carbons (Fsp3) is 0.0952. The van der Waals surface area contributed by atoms with Gasteiger partial charge in [-0.1, -0.05) is 0 Å². The summed E-state index contributed by atoms with van der Waals surface area (Å²) in [5, 5.41) is 0. The average Bonchev–Trinajstić information content (AvgIpc) is 2.62. The summed E-state index contributed by atoms with van der Waals surface area (Å²) in [5.41, 5.74) is 5.66. The van der Waals surface area contributed by atoms with Gasteiger partial charge >= 0.3 is 156 Å². The minimum Gasteiger partial charge on any atom is -1.00 e. The molecule has 26 heavy (non-hydrogen) atoms. The van der Waals surface area contributed by atoms with Gasteiger partial charge in [-0.15, -0.1) is 0 Å². The van der Waals surface area contributed by atoms with Crippen molar-refractivity contribution >= 4 is 28.3 Å². The van der Waals surface area contributed by atoms with Gasteiger partial charge in [0.1, 0.15) is 0 Å². The number of nitrogens with zero attached hydrogens (tertiary/aromatic N) is 3. The Bertz CT molecular complexity index is 951. The van der Waals surface area contributed by atoms with Gasteiger partial charge in [-0.2, -0.15) is 0 Å². The minimum atomic E-state index is 0. The van der Waals surface area contributed by atoms with Crippen LogP contribution in [0.2, 0.25) is 0 Å². The Hall–Kier alpha value is -2.26. The number of aryl methyl sites for hydroxylation is 2. The van der Waals surface area contributed by atoms with E-state index < -0.39 is 0 Å². The van der Waals surface area contributed by atoms with E-state index in [9.17, 15) is 0 Å². The fourth-order valence-corrected chi connectivity index (χ4v) is 2.54. The molecule has 0 N–H and O–H groups in total. The van der Waals surface area contributed by atoms with Crippen LogP contribution in [0, 0.1) is 13.8 Å². The molecule has 0 unspecified atom stereocenters. The summed E-state index contributed by atoms with van der Waals surface area (Å²) >= 11 is 4.03. The molecule has 0 aliphatic carbocycles. The first-order chi connectivity index (χ1) is 12.1. The molecule has 1 heterocycles. The van der Waals surface area contributed by atoms with Crippen LogP contribution in [-0.2, 0) is 16.0 Å². The number of rotatable bonds is 4. The molecule has 0 radical (unpaired) electrons. The number of hydrogen-bond acceptors (Lipinski definition) is 3. The summed E-state index contributed by atoms with van der Waals surface area (Å²) in [6, 6.07) is 19.9. The molecule has 3 nitrogen and oxygen atoms in total. The topological polar surface area (TPSA) is 37.6 Å². The van der Waals surface area contributed by atoms with E-state index >= 15 is 0 Å². The maximum Gasteiger partial charge on any atom is -1.00 e. The van der Waals surface area contributed by atoms with Gasteiger partial charge in [-0.05, 0) is 0 Å². The van der Waals surface area contributed by atoms with E-state index in [2.05, 4.69) is 31.0 Å². The zero-order valence-corrected chi connectivity index (χ0v) is 16.4. The van der Waals surface area contributed by atoms with Crippen LogP contribution in [0.4, 0.5) is 11.4 Å². The van der Waals surface area contributed by atoms with Crippen molar-refractivity contribution < 1.29 is 28.4 Å². The van der Waals surface area contributed by atoms with Gasteiger partial charge in [0.15, 0.2) is 0 Å². The van der Waals surface area contributed by atoms with Crippen molar-refractivity contribution in [3.63, 3.8) is 0 Å². The van der Waals surface area contributed by atoms with Gasteiger partial charge in [0.2, 0.25) is 0 Å². The summed E-state index contributed by atoms with van der Waals surface area (Å²) in [6.45, 7) is 4.08. The smallest absolute Gasteiger partial charge is 1.00 e. The Labute approximate surface area is 168 Å². The number of hydrogen-bond donors (Lipinski definition) is 0. The van der Waals surface area contributed by atoms with Crippen molar-refractivity contribution in [1.29, 1.82) is 0 Å². The monoisotopic (exact) mass is 403 g/mol. The fourth-order valence-electron chi connectivity index (χ4n) is 2.31. The Morgan fingerprint density at radius 1 is 0.769 bits per heavy atom. The molecule has 0 aliphatic heterocycles. The van der Waals surface area contributed by atoms with Gasteiger partial charge in [0.05, 0.1) is 0 Å². The van der Waals surface area contributed by atoms with Crippen LogP contribution < -0.4 is 16.9 Å². The molecule has 0 saturated heterocycles. The van der Waals surface area contributed by atoms with E-state index in [0.29, 0.717) is 0 Å². The minimum absolute atomic E-state index is 0. The average molecular weight is 404 g/mol. The SMILES string of the molecule is Cc1ccccc1N=Cc1cc[c]([Fe+])c(C=Nc2ccccc2C)n1.[Cl-]. The van der Waals surface area contributed by atoms with Crippen LogP contribution in [0.5, 0.6) is 0 Å². The molecule has 0 amide bonds. The Morgan fingerprint density at radius 2 is 1.31 bits per heavy atom. The van der Waals surface area contributed by atoms with Crippen molar-refractivity contribution in [1.82, 2.24) is 4.98 Å². The summed E-state index contributed by atoms with van der Waals surface area (Å²) in [7, 11) is 0. The van der Waals surface area contributed by atoms with Crippen LogP contribution in [0.1, 0.15) is 22.5 Å². The van der Waals surface area contributed by atoms with Crippen LogP contribution in [0.25, 0.3) is 0 Å². The second-order valence-corrected chi connectivity index (χ2v) is 6.27. The maximum atomic E-state index is 4.60. The van der Waals surface area contributed by atoms with Crippen molar-refractivity contribution in [2.75, 3.05) is 0 Å². The molecule has 0 spiro atoms. The molecule has 132 valence electrons. The van der Waals surface area contributed by atoms with Gasteiger partial charge < -0.3 is 12.4 Å². The predicted molar refractivity (Wildman–Crippen MR) is 101 cm³/mol. The first-order valence-electron chi connectivity index (χ1n) is 7.98. The number of aromatic nitrogens is 1. The van der Waals surface area contributed by atoms with Gasteiger partial charge in [0, 0.05) is 0 Å². The molecule has 2 aromatic carbocycles. The number of aliphatic imine (C=N–C) groups is 2. The summed E-state index contributed by atoms with van der Waals surface area (Å²) in [5.74, 6) is 0. The van der Waals surface area contributed by atoms with Gasteiger partial charge in [-0.25, -0.2) is 0 Å². The third-order valence-electron chi connectivity index (χ3n) is 3.78. The normalized spacial score (nSPS) is 11.0. The number of halogens is 1. The molecule has 0 saturated carbocycles. The zero-order valence-electron chi connectivity index (χ0n) is 14.5. The second-order valence-electron chi connectivity index (χ2n) is 5.68. The van der Waals surface area contributed by atoms with E-state index in [1.54, 1.807) is 12.4 Å². The molecule has 0 bridgehead atoms. The quantitative estimate of drug-likeness (QED) is 0.479. The molecule has 1 aromatic heterocycles. The molecule has 5 heteroatoms.